The molecular formula is C38H66Sn. The predicted molar refractivity (Wildman–Crippen MR) is 176 cm³/mol. The minimum atomic E-state index is -2.93. The van der Waals surface area contributed by atoms with Crippen LogP contribution in [-0.2, 0) is 6.42 Å². The molecule has 3 aliphatic carbocycles. The first-order valence-corrected chi connectivity index (χ1v) is 24.5. The summed E-state index contributed by atoms with van der Waals surface area (Å²) in [7, 11) is 0. The van der Waals surface area contributed by atoms with Gasteiger partial charge in [0.15, 0.2) is 0 Å². The number of hydrogen-bond acceptors (Lipinski definition) is 0. The molecule has 3 fully saturated rings. The molecule has 39 heavy (non-hydrogen) atoms. The molecule has 222 valence electrons. The molecule has 0 aromatic heterocycles. The standard InChI is InChI=1S/3C10H19.C8H9.Sn/c3*1-8(2)10-6-4-9(3)5-7-10;1-2-8-6-4-3-5-7-8;/h3*6,8-10H,4-5,7H2,1-3H3;3-7H,1-2H2;/t3*9-,10-;;/m000../s1. The van der Waals surface area contributed by atoms with Crippen molar-refractivity contribution in [1.29, 1.82) is 0 Å². The molecule has 0 saturated heterocycles. The van der Waals surface area contributed by atoms with Crippen molar-refractivity contribution >= 4 is 18.4 Å². The molecular weight excluding hydrogens is 575 g/mol. The van der Waals surface area contributed by atoms with Gasteiger partial charge in [-0.15, -0.1) is 0 Å². The van der Waals surface area contributed by atoms with Crippen LogP contribution in [0.15, 0.2) is 30.3 Å². The Bertz CT molecular complexity index is 776. The third kappa shape index (κ3) is 7.16. The SMILES string of the molecule is CC(C)[C@@H]1CC[C@@H](C)C[C@H]1[Sn]([CH2]Cc1ccccc1)([C@@H]1C[C@H](C)CC[C@H]1C(C)C)[C@@H]1C[C@H](C)CC[C@H]1C(C)C. The van der Waals surface area contributed by atoms with Crippen molar-refractivity contribution in [3.8, 4) is 0 Å². The molecule has 0 nitrogen and oxygen atoms in total. The molecule has 1 aromatic carbocycles. The van der Waals surface area contributed by atoms with E-state index in [1.54, 1.807) is 29.3 Å². The van der Waals surface area contributed by atoms with Crippen LogP contribution in [0, 0.1) is 53.3 Å². The monoisotopic (exact) mass is 642 g/mol. The van der Waals surface area contributed by atoms with Crippen molar-refractivity contribution in [3.05, 3.63) is 35.9 Å². The van der Waals surface area contributed by atoms with Crippen molar-refractivity contribution in [2.75, 3.05) is 0 Å². The zero-order valence-electron chi connectivity index (χ0n) is 27.6. The quantitative estimate of drug-likeness (QED) is 0.235. The first-order valence-electron chi connectivity index (χ1n) is 17.6. The summed E-state index contributed by atoms with van der Waals surface area (Å²) in [5, 5.41) is 0. The number of benzene rings is 1. The molecule has 0 radical (unpaired) electrons. The average Bonchev–Trinajstić information content (AvgIpc) is 2.89. The van der Waals surface area contributed by atoms with E-state index >= 15 is 0 Å². The molecule has 4 rings (SSSR count). The number of hydrogen-bond donors (Lipinski definition) is 0. The molecule has 0 N–H and O–H groups in total. The van der Waals surface area contributed by atoms with Crippen molar-refractivity contribution in [3.63, 3.8) is 0 Å². The van der Waals surface area contributed by atoms with Crippen LogP contribution in [0.3, 0.4) is 0 Å². The van der Waals surface area contributed by atoms with Crippen LogP contribution in [0.4, 0.5) is 0 Å². The van der Waals surface area contributed by atoms with Crippen LogP contribution in [0.2, 0.25) is 16.2 Å². The second-order valence-corrected chi connectivity index (χ2v) is 30.5. The Hall–Kier alpha value is 0.0187. The normalized spacial score (nSPS) is 36.6. The summed E-state index contributed by atoms with van der Waals surface area (Å²) >= 11 is -2.93. The molecule has 0 heterocycles. The van der Waals surface area contributed by atoms with E-state index in [2.05, 4.69) is 92.6 Å². The van der Waals surface area contributed by atoms with Gasteiger partial charge in [-0.1, -0.05) is 0 Å². The van der Waals surface area contributed by atoms with E-state index in [1.807, 2.05) is 0 Å². The molecule has 0 spiro atoms. The van der Waals surface area contributed by atoms with E-state index in [9.17, 15) is 0 Å². The maximum atomic E-state index is 2.64. The second kappa shape index (κ2) is 14.0. The molecule has 9 atom stereocenters. The van der Waals surface area contributed by atoms with Gasteiger partial charge in [0, 0.05) is 0 Å². The summed E-state index contributed by atoms with van der Waals surface area (Å²) in [6.07, 6.45) is 15.2. The van der Waals surface area contributed by atoms with E-state index < -0.39 is 18.4 Å². The van der Waals surface area contributed by atoms with Gasteiger partial charge in [0.05, 0.1) is 0 Å². The zero-order valence-corrected chi connectivity index (χ0v) is 30.4. The van der Waals surface area contributed by atoms with Crippen molar-refractivity contribution in [2.45, 2.75) is 143 Å². The fourth-order valence-corrected chi connectivity index (χ4v) is 39.5. The number of aryl methyl sites for hydroxylation is 1. The molecule has 0 aliphatic heterocycles. The topological polar surface area (TPSA) is 0 Å². The van der Waals surface area contributed by atoms with Crippen LogP contribution >= 0.6 is 0 Å². The van der Waals surface area contributed by atoms with Gasteiger partial charge in [-0.3, -0.25) is 0 Å². The van der Waals surface area contributed by atoms with Gasteiger partial charge in [-0.25, -0.2) is 0 Å². The average molecular weight is 642 g/mol. The van der Waals surface area contributed by atoms with E-state index in [0.717, 1.165) is 65.1 Å². The van der Waals surface area contributed by atoms with Gasteiger partial charge in [0.2, 0.25) is 0 Å². The fraction of sp³-hybridized carbons (Fsp3) is 0.842. The molecule has 0 unspecified atom stereocenters. The Morgan fingerprint density at radius 1 is 0.564 bits per heavy atom. The summed E-state index contributed by atoms with van der Waals surface area (Å²) in [5.74, 6) is 8.35. The van der Waals surface area contributed by atoms with Crippen LogP contribution in [-0.4, -0.2) is 18.4 Å². The Morgan fingerprint density at radius 3 is 1.26 bits per heavy atom. The van der Waals surface area contributed by atoms with E-state index in [-0.39, 0.29) is 0 Å². The maximum absolute atomic E-state index is 2.93. The fourth-order valence-electron chi connectivity index (χ4n) is 10.8. The summed E-state index contributed by atoms with van der Waals surface area (Å²) in [6.45, 7) is 23.6. The molecule has 3 aliphatic rings. The van der Waals surface area contributed by atoms with Crippen LogP contribution in [0.5, 0.6) is 0 Å². The van der Waals surface area contributed by atoms with Crippen LogP contribution in [0.1, 0.15) is 126 Å². The molecule has 3 saturated carbocycles. The first-order chi connectivity index (χ1) is 18.5. The van der Waals surface area contributed by atoms with Gasteiger partial charge in [-0.05, 0) is 0 Å². The summed E-state index contributed by atoms with van der Waals surface area (Å²) in [4.78, 5) is 0. The van der Waals surface area contributed by atoms with Crippen molar-refractivity contribution in [2.24, 2.45) is 53.3 Å². The van der Waals surface area contributed by atoms with Gasteiger partial charge in [0.1, 0.15) is 0 Å². The van der Waals surface area contributed by atoms with Gasteiger partial charge < -0.3 is 0 Å². The van der Waals surface area contributed by atoms with E-state index in [4.69, 9.17) is 0 Å². The van der Waals surface area contributed by atoms with E-state index in [0.29, 0.717) is 0 Å². The summed E-state index contributed by atoms with van der Waals surface area (Å²) in [6, 6.07) is 11.8. The second-order valence-electron chi connectivity index (χ2n) is 16.4. The van der Waals surface area contributed by atoms with Crippen LogP contribution < -0.4 is 0 Å². The third-order valence-electron chi connectivity index (χ3n) is 12.8. The summed E-state index contributed by atoms with van der Waals surface area (Å²) in [5.41, 5.74) is 1.64. The Kier molecular flexibility index (Phi) is 11.5. The first kappa shape index (κ1) is 31.9. The Balaban J connectivity index is 1.94. The third-order valence-corrected chi connectivity index (χ3v) is 33.5. The Morgan fingerprint density at radius 2 is 0.923 bits per heavy atom. The van der Waals surface area contributed by atoms with Gasteiger partial charge in [-0.2, -0.15) is 0 Å². The molecule has 1 aromatic rings. The van der Waals surface area contributed by atoms with Crippen LogP contribution in [0.25, 0.3) is 0 Å². The Labute approximate surface area is 249 Å². The van der Waals surface area contributed by atoms with Gasteiger partial charge in [0.25, 0.3) is 0 Å². The number of rotatable bonds is 9. The molecule has 1 heteroatoms. The van der Waals surface area contributed by atoms with Gasteiger partial charge >= 0.3 is 250 Å². The zero-order chi connectivity index (χ0) is 28.3. The van der Waals surface area contributed by atoms with E-state index in [1.165, 1.54) is 44.9 Å². The minimum absolute atomic E-state index is 0.854. The summed E-state index contributed by atoms with van der Waals surface area (Å²) < 4.78 is 4.93. The molecule has 0 amide bonds. The van der Waals surface area contributed by atoms with Crippen molar-refractivity contribution < 1.29 is 0 Å². The molecule has 0 bridgehead atoms. The predicted octanol–water partition coefficient (Wildman–Crippen LogP) is 12.1. The van der Waals surface area contributed by atoms with Crippen molar-refractivity contribution in [1.82, 2.24) is 0 Å².